The van der Waals surface area contributed by atoms with E-state index in [1.807, 2.05) is 37.3 Å². The normalized spacial score (nSPS) is 12.2. The molecule has 5 nitrogen and oxygen atoms in total. The lowest BCUT2D eigenvalue weighted by Crippen LogP contribution is -2.20. The Bertz CT molecular complexity index is 557. The second-order valence-electron chi connectivity index (χ2n) is 4.32. The van der Waals surface area contributed by atoms with E-state index in [1.165, 1.54) is 18.1 Å². The van der Waals surface area contributed by atoms with Gasteiger partial charge in [-0.1, -0.05) is 30.3 Å². The van der Waals surface area contributed by atoms with E-state index < -0.39 is 11.2 Å². The Kier molecular flexibility index (Phi) is 5.17. The molecule has 106 valence electrons. The van der Waals surface area contributed by atoms with E-state index in [1.54, 1.807) is 4.68 Å². The number of aromatic nitrogens is 3. The number of benzene rings is 1. The third-order valence-electron chi connectivity index (χ3n) is 2.95. The van der Waals surface area contributed by atoms with Gasteiger partial charge in [0.05, 0.1) is 5.75 Å². The number of carboxylic acids is 1. The number of hydrogen-bond donors (Lipinski definition) is 1. The van der Waals surface area contributed by atoms with E-state index in [2.05, 4.69) is 10.1 Å². The van der Waals surface area contributed by atoms with E-state index in [-0.39, 0.29) is 0 Å². The number of thioether (sulfide) groups is 1. The first-order valence-corrected chi connectivity index (χ1v) is 7.50. The molecule has 0 saturated heterocycles. The average Bonchev–Trinajstić information content (AvgIpc) is 2.91. The zero-order valence-corrected chi connectivity index (χ0v) is 12.1. The lowest BCUT2D eigenvalue weighted by atomic mass is 10.1. The van der Waals surface area contributed by atoms with Crippen molar-refractivity contribution in [2.45, 2.75) is 30.9 Å². The first-order valence-electron chi connectivity index (χ1n) is 6.45. The van der Waals surface area contributed by atoms with Crippen molar-refractivity contribution in [3.05, 3.63) is 48.0 Å². The lowest BCUT2D eigenvalue weighted by molar-refractivity contribution is -0.136. The van der Waals surface area contributed by atoms with Gasteiger partial charge in [0.25, 0.3) is 0 Å². The highest BCUT2D eigenvalue weighted by molar-refractivity contribution is 7.99. The van der Waals surface area contributed by atoms with Crippen LogP contribution in [0.3, 0.4) is 0 Å². The Morgan fingerprint density at radius 3 is 2.80 bits per heavy atom. The predicted octanol–water partition coefficient (Wildman–Crippen LogP) is 2.23. The van der Waals surface area contributed by atoms with E-state index in [9.17, 15) is 9.90 Å². The van der Waals surface area contributed by atoms with Gasteiger partial charge in [0.15, 0.2) is 0 Å². The summed E-state index contributed by atoms with van der Waals surface area (Å²) in [5.41, 5.74) is 1.03. The molecule has 0 amide bonds. The second-order valence-corrected chi connectivity index (χ2v) is 5.51. The molecule has 0 aliphatic carbocycles. The summed E-state index contributed by atoms with van der Waals surface area (Å²) >= 11 is 1.39. The highest BCUT2D eigenvalue weighted by Gasteiger charge is 2.19. The van der Waals surface area contributed by atoms with Gasteiger partial charge < -0.3 is 5.11 Å². The molecule has 2 rings (SSSR count). The van der Waals surface area contributed by atoms with Gasteiger partial charge in [-0.2, -0.15) is 5.10 Å². The SMILES string of the molecule is CCn1ncnc1CSC(Cc1ccccc1)C(=O)O. The number of aliphatic carboxylic acids is 1. The van der Waals surface area contributed by atoms with Crippen LogP contribution in [0.4, 0.5) is 0 Å². The van der Waals surface area contributed by atoms with Crippen LogP contribution in [0.5, 0.6) is 0 Å². The number of aryl methyl sites for hydroxylation is 1. The number of nitrogens with zero attached hydrogens (tertiary/aromatic N) is 3. The van der Waals surface area contributed by atoms with E-state index in [4.69, 9.17) is 0 Å². The second kappa shape index (κ2) is 7.09. The summed E-state index contributed by atoms with van der Waals surface area (Å²) in [4.78, 5) is 15.5. The Balaban J connectivity index is 1.98. The van der Waals surface area contributed by atoms with Gasteiger partial charge in [0.2, 0.25) is 0 Å². The molecular weight excluding hydrogens is 274 g/mol. The zero-order valence-electron chi connectivity index (χ0n) is 11.3. The molecule has 1 N–H and O–H groups in total. The summed E-state index contributed by atoms with van der Waals surface area (Å²) in [7, 11) is 0. The minimum absolute atomic E-state index is 0.473. The van der Waals surface area contributed by atoms with Gasteiger partial charge in [-0.15, -0.1) is 11.8 Å². The fourth-order valence-corrected chi connectivity index (χ4v) is 2.91. The van der Waals surface area contributed by atoms with E-state index in [0.717, 1.165) is 17.9 Å². The molecule has 0 bridgehead atoms. The Hall–Kier alpha value is -1.82. The summed E-state index contributed by atoms with van der Waals surface area (Å²) in [6.07, 6.45) is 2.02. The molecule has 20 heavy (non-hydrogen) atoms. The fraction of sp³-hybridized carbons (Fsp3) is 0.357. The maximum absolute atomic E-state index is 11.4. The first kappa shape index (κ1) is 14.6. The topological polar surface area (TPSA) is 68.0 Å². The average molecular weight is 291 g/mol. The van der Waals surface area contributed by atoms with Crippen molar-refractivity contribution in [1.29, 1.82) is 0 Å². The number of carboxylic acid groups (broad SMARTS) is 1. The van der Waals surface area contributed by atoms with Crippen LogP contribution in [0.2, 0.25) is 0 Å². The first-order chi connectivity index (χ1) is 9.70. The summed E-state index contributed by atoms with van der Waals surface area (Å²) < 4.78 is 1.79. The highest BCUT2D eigenvalue weighted by Crippen LogP contribution is 2.20. The van der Waals surface area contributed by atoms with Gasteiger partial charge in [0.1, 0.15) is 17.4 Å². The fourth-order valence-electron chi connectivity index (χ4n) is 1.88. The van der Waals surface area contributed by atoms with Crippen LogP contribution in [0, 0.1) is 0 Å². The van der Waals surface area contributed by atoms with Crippen molar-refractivity contribution in [3.8, 4) is 0 Å². The maximum Gasteiger partial charge on any atom is 0.316 e. The number of rotatable bonds is 7. The molecule has 0 aliphatic rings. The number of carbonyl (C=O) groups is 1. The molecule has 0 aliphatic heterocycles. The van der Waals surface area contributed by atoms with Crippen LogP contribution in [0.15, 0.2) is 36.7 Å². The van der Waals surface area contributed by atoms with Crippen molar-refractivity contribution in [3.63, 3.8) is 0 Å². The van der Waals surface area contributed by atoms with Crippen LogP contribution in [-0.2, 0) is 23.5 Å². The molecule has 1 aromatic carbocycles. The largest absolute Gasteiger partial charge is 0.480 e. The molecule has 0 fully saturated rings. The standard InChI is InChI=1S/C14H17N3O2S/c1-2-17-13(15-10-16-17)9-20-12(14(18)19)8-11-6-4-3-5-7-11/h3-7,10,12H,2,8-9H2,1H3,(H,18,19). The van der Waals surface area contributed by atoms with E-state index in [0.29, 0.717) is 12.2 Å². The zero-order chi connectivity index (χ0) is 14.4. The van der Waals surface area contributed by atoms with Gasteiger partial charge in [0, 0.05) is 6.54 Å². The third kappa shape index (κ3) is 3.84. The molecule has 1 unspecified atom stereocenters. The molecule has 1 atom stereocenters. The van der Waals surface area contributed by atoms with Crippen LogP contribution in [0.1, 0.15) is 18.3 Å². The Morgan fingerprint density at radius 2 is 2.15 bits per heavy atom. The van der Waals surface area contributed by atoms with Gasteiger partial charge in [-0.05, 0) is 18.9 Å². The summed E-state index contributed by atoms with van der Waals surface area (Å²) in [5.74, 6) is 0.579. The molecule has 0 spiro atoms. The number of hydrogen-bond acceptors (Lipinski definition) is 4. The minimum atomic E-state index is -0.790. The monoisotopic (exact) mass is 291 g/mol. The predicted molar refractivity (Wildman–Crippen MR) is 78.6 cm³/mol. The molecule has 2 aromatic rings. The van der Waals surface area contributed by atoms with Crippen molar-refractivity contribution >= 4 is 17.7 Å². The Morgan fingerprint density at radius 1 is 1.40 bits per heavy atom. The van der Waals surface area contributed by atoms with Crippen molar-refractivity contribution < 1.29 is 9.90 Å². The van der Waals surface area contributed by atoms with Crippen molar-refractivity contribution in [2.75, 3.05) is 0 Å². The van der Waals surface area contributed by atoms with Crippen LogP contribution in [0.25, 0.3) is 0 Å². The quantitative estimate of drug-likeness (QED) is 0.847. The Labute approximate surface area is 122 Å². The van der Waals surface area contributed by atoms with Crippen LogP contribution < -0.4 is 0 Å². The molecule has 0 saturated carbocycles. The van der Waals surface area contributed by atoms with Gasteiger partial charge in [-0.25, -0.2) is 9.67 Å². The summed E-state index contributed by atoms with van der Waals surface area (Å²) in [5, 5.41) is 12.9. The summed E-state index contributed by atoms with van der Waals surface area (Å²) in [6.45, 7) is 2.73. The molecule has 6 heteroatoms. The molecule has 1 aromatic heterocycles. The smallest absolute Gasteiger partial charge is 0.316 e. The highest BCUT2D eigenvalue weighted by atomic mass is 32.2. The minimum Gasteiger partial charge on any atom is -0.480 e. The van der Waals surface area contributed by atoms with E-state index >= 15 is 0 Å². The molecule has 0 radical (unpaired) electrons. The van der Waals surface area contributed by atoms with Gasteiger partial charge >= 0.3 is 5.97 Å². The molecular formula is C14H17N3O2S. The van der Waals surface area contributed by atoms with Crippen molar-refractivity contribution in [2.24, 2.45) is 0 Å². The summed E-state index contributed by atoms with van der Waals surface area (Å²) in [6, 6.07) is 9.67. The van der Waals surface area contributed by atoms with Gasteiger partial charge in [-0.3, -0.25) is 4.79 Å². The van der Waals surface area contributed by atoms with Crippen LogP contribution >= 0.6 is 11.8 Å². The van der Waals surface area contributed by atoms with Crippen molar-refractivity contribution in [1.82, 2.24) is 14.8 Å². The maximum atomic E-state index is 11.4. The third-order valence-corrected chi connectivity index (χ3v) is 4.14. The lowest BCUT2D eigenvalue weighted by Gasteiger charge is -2.12. The van der Waals surface area contributed by atoms with Crippen LogP contribution in [-0.4, -0.2) is 31.1 Å². The molecule has 1 heterocycles.